The van der Waals surface area contributed by atoms with Crippen molar-refractivity contribution in [3.63, 3.8) is 0 Å². The van der Waals surface area contributed by atoms with Gasteiger partial charge >= 0.3 is 5.97 Å². The van der Waals surface area contributed by atoms with Gasteiger partial charge in [-0.05, 0) is 23.5 Å². The Labute approximate surface area is 147 Å². The van der Waals surface area contributed by atoms with E-state index >= 15 is 0 Å². The Morgan fingerprint density at radius 2 is 1.96 bits per heavy atom. The summed E-state index contributed by atoms with van der Waals surface area (Å²) in [5.41, 5.74) is 1.69. The Bertz CT molecular complexity index is 759. The average molecular weight is 343 g/mol. The van der Waals surface area contributed by atoms with Gasteiger partial charge in [0.15, 0.2) is 0 Å². The second-order valence-electron chi connectivity index (χ2n) is 7.28. The first-order valence-corrected chi connectivity index (χ1v) is 8.27. The van der Waals surface area contributed by atoms with Crippen LogP contribution >= 0.6 is 0 Å². The van der Waals surface area contributed by atoms with Crippen molar-refractivity contribution in [3.05, 3.63) is 53.3 Å². The van der Waals surface area contributed by atoms with Gasteiger partial charge in [0.2, 0.25) is 5.91 Å². The van der Waals surface area contributed by atoms with E-state index in [1.54, 1.807) is 35.1 Å². The molecule has 0 bridgehead atoms. The molecule has 1 amide bonds. The van der Waals surface area contributed by atoms with Crippen LogP contribution in [0.2, 0.25) is 0 Å². The third kappa shape index (κ3) is 4.92. The van der Waals surface area contributed by atoms with Crippen LogP contribution < -0.4 is 5.32 Å². The second kappa shape index (κ2) is 7.51. The van der Waals surface area contributed by atoms with Crippen molar-refractivity contribution in [1.82, 2.24) is 15.1 Å². The van der Waals surface area contributed by atoms with E-state index < -0.39 is 5.97 Å². The molecule has 2 rings (SSSR count). The molecule has 0 fully saturated rings. The predicted octanol–water partition coefficient (Wildman–Crippen LogP) is 2.95. The number of carbonyl (C=O) groups excluding carboxylic acids is 1. The van der Waals surface area contributed by atoms with Crippen LogP contribution in [0.3, 0.4) is 0 Å². The average Bonchev–Trinajstić information content (AvgIpc) is 2.95. The molecule has 0 radical (unpaired) electrons. The summed E-state index contributed by atoms with van der Waals surface area (Å²) in [4.78, 5) is 23.7. The number of carbonyl (C=O) groups is 2. The van der Waals surface area contributed by atoms with Crippen molar-refractivity contribution in [2.45, 2.75) is 39.7 Å². The summed E-state index contributed by atoms with van der Waals surface area (Å²) in [6.07, 6.45) is 4.28. The molecule has 6 heteroatoms. The van der Waals surface area contributed by atoms with Crippen LogP contribution in [0.25, 0.3) is 0 Å². The minimum Gasteiger partial charge on any atom is -0.478 e. The molecule has 1 aromatic carbocycles. The molecule has 2 N–H and O–H groups in total. The van der Waals surface area contributed by atoms with Gasteiger partial charge in [-0.2, -0.15) is 5.10 Å². The standard InChI is InChI=1S/C19H25N3O3/c1-19(2,3)17(14-11-20-22(4)12-14)21-16(23)10-9-13-7-5-6-8-15(13)18(24)25/h5-8,11-12,17H,9-10H2,1-4H3,(H,21,23)(H,24,25). The van der Waals surface area contributed by atoms with Crippen LogP contribution in [-0.2, 0) is 18.3 Å². The third-order valence-corrected chi connectivity index (χ3v) is 4.10. The maximum Gasteiger partial charge on any atom is 0.335 e. The fraction of sp³-hybridized carbons (Fsp3) is 0.421. The first-order chi connectivity index (χ1) is 11.7. The van der Waals surface area contributed by atoms with Gasteiger partial charge in [0.1, 0.15) is 0 Å². The number of hydrogen-bond acceptors (Lipinski definition) is 3. The van der Waals surface area contributed by atoms with E-state index in [0.29, 0.717) is 12.0 Å². The minimum absolute atomic E-state index is 0.107. The van der Waals surface area contributed by atoms with Crippen molar-refractivity contribution >= 4 is 11.9 Å². The highest BCUT2D eigenvalue weighted by Gasteiger charge is 2.28. The van der Waals surface area contributed by atoms with E-state index in [9.17, 15) is 14.7 Å². The number of aromatic carboxylic acids is 1. The van der Waals surface area contributed by atoms with Crippen LogP contribution in [0.1, 0.15) is 54.7 Å². The molecule has 0 aliphatic rings. The van der Waals surface area contributed by atoms with Gasteiger partial charge in [0.05, 0.1) is 17.8 Å². The van der Waals surface area contributed by atoms with Crippen LogP contribution in [0.15, 0.2) is 36.7 Å². The fourth-order valence-electron chi connectivity index (χ4n) is 2.82. The quantitative estimate of drug-likeness (QED) is 0.844. The summed E-state index contributed by atoms with van der Waals surface area (Å²) >= 11 is 0. The third-order valence-electron chi connectivity index (χ3n) is 4.10. The number of hydrogen-bond donors (Lipinski definition) is 2. The van der Waals surface area contributed by atoms with Gasteiger partial charge in [0.25, 0.3) is 0 Å². The van der Waals surface area contributed by atoms with Crippen LogP contribution in [0, 0.1) is 5.41 Å². The van der Waals surface area contributed by atoms with Crippen molar-refractivity contribution in [2.75, 3.05) is 0 Å². The number of rotatable bonds is 6. The summed E-state index contributed by atoms with van der Waals surface area (Å²) < 4.78 is 1.71. The molecule has 1 unspecified atom stereocenters. The maximum atomic E-state index is 12.4. The Morgan fingerprint density at radius 1 is 1.28 bits per heavy atom. The highest BCUT2D eigenvalue weighted by atomic mass is 16.4. The molecule has 0 aliphatic carbocycles. The summed E-state index contributed by atoms with van der Waals surface area (Å²) in [6.45, 7) is 6.18. The molecule has 1 heterocycles. The van der Waals surface area contributed by atoms with Gasteiger partial charge < -0.3 is 10.4 Å². The molecule has 0 aliphatic heterocycles. The van der Waals surface area contributed by atoms with E-state index in [1.165, 1.54) is 0 Å². The molecular weight excluding hydrogens is 318 g/mol. The molecule has 2 aromatic rings. The maximum absolute atomic E-state index is 12.4. The van der Waals surface area contributed by atoms with Crippen molar-refractivity contribution < 1.29 is 14.7 Å². The van der Waals surface area contributed by atoms with E-state index in [-0.39, 0.29) is 29.3 Å². The van der Waals surface area contributed by atoms with Crippen LogP contribution in [0.5, 0.6) is 0 Å². The summed E-state index contributed by atoms with van der Waals surface area (Å²) in [7, 11) is 1.84. The van der Waals surface area contributed by atoms with Gasteiger partial charge in [-0.1, -0.05) is 39.0 Å². The second-order valence-corrected chi connectivity index (χ2v) is 7.28. The molecule has 25 heavy (non-hydrogen) atoms. The Morgan fingerprint density at radius 3 is 2.52 bits per heavy atom. The summed E-state index contributed by atoms with van der Waals surface area (Å²) in [6, 6.07) is 6.61. The summed E-state index contributed by atoms with van der Waals surface area (Å²) in [5, 5.41) is 16.5. The highest BCUT2D eigenvalue weighted by Crippen LogP contribution is 2.32. The van der Waals surface area contributed by atoms with Crippen molar-refractivity contribution in [1.29, 1.82) is 0 Å². The first kappa shape index (κ1) is 18.7. The zero-order valence-corrected chi connectivity index (χ0v) is 15.1. The van der Waals surface area contributed by atoms with Gasteiger partial charge in [-0.3, -0.25) is 9.48 Å². The molecule has 0 saturated carbocycles. The van der Waals surface area contributed by atoms with Gasteiger partial charge in [-0.15, -0.1) is 0 Å². The lowest BCUT2D eigenvalue weighted by atomic mass is 9.83. The number of aryl methyl sites for hydroxylation is 2. The SMILES string of the molecule is Cn1cc(C(NC(=O)CCc2ccccc2C(=O)O)C(C)(C)C)cn1. The molecule has 1 atom stereocenters. The molecule has 0 saturated heterocycles. The van der Waals surface area contributed by atoms with Crippen LogP contribution in [-0.4, -0.2) is 26.8 Å². The molecule has 1 aromatic heterocycles. The number of nitrogens with one attached hydrogen (secondary N) is 1. The van der Waals surface area contributed by atoms with Crippen molar-refractivity contribution in [2.24, 2.45) is 12.5 Å². The fourth-order valence-corrected chi connectivity index (χ4v) is 2.82. The Kier molecular flexibility index (Phi) is 5.62. The molecule has 6 nitrogen and oxygen atoms in total. The first-order valence-electron chi connectivity index (χ1n) is 8.27. The predicted molar refractivity (Wildman–Crippen MR) is 95.3 cm³/mol. The van der Waals surface area contributed by atoms with E-state index in [1.807, 2.05) is 13.2 Å². The van der Waals surface area contributed by atoms with Gasteiger partial charge in [-0.25, -0.2) is 4.79 Å². The van der Waals surface area contributed by atoms with Crippen LogP contribution in [0.4, 0.5) is 0 Å². The number of benzene rings is 1. The van der Waals surface area contributed by atoms with Crippen molar-refractivity contribution in [3.8, 4) is 0 Å². The minimum atomic E-state index is -0.973. The number of amides is 1. The largest absolute Gasteiger partial charge is 0.478 e. The molecular formula is C19H25N3O3. The van der Waals surface area contributed by atoms with E-state index in [2.05, 4.69) is 31.2 Å². The number of aromatic nitrogens is 2. The Hall–Kier alpha value is -2.63. The zero-order chi connectivity index (χ0) is 18.6. The lowest BCUT2D eigenvalue weighted by molar-refractivity contribution is -0.122. The highest BCUT2D eigenvalue weighted by molar-refractivity contribution is 5.89. The smallest absolute Gasteiger partial charge is 0.335 e. The normalized spacial score (nSPS) is 12.6. The lowest BCUT2D eigenvalue weighted by Gasteiger charge is -2.31. The topological polar surface area (TPSA) is 84.2 Å². The Balaban J connectivity index is 2.06. The van der Waals surface area contributed by atoms with Gasteiger partial charge in [0, 0.05) is 25.2 Å². The zero-order valence-electron chi connectivity index (χ0n) is 15.1. The van der Waals surface area contributed by atoms with E-state index in [0.717, 1.165) is 5.56 Å². The lowest BCUT2D eigenvalue weighted by Crippen LogP contribution is -2.36. The molecule has 0 spiro atoms. The number of carboxylic acid groups (broad SMARTS) is 1. The molecule has 134 valence electrons. The monoisotopic (exact) mass is 343 g/mol. The summed E-state index contributed by atoms with van der Waals surface area (Å²) in [5.74, 6) is -1.08. The number of carboxylic acids is 1. The number of nitrogens with zero attached hydrogens (tertiary/aromatic N) is 2. The van der Waals surface area contributed by atoms with E-state index in [4.69, 9.17) is 0 Å².